The Balaban J connectivity index is 2.12. The number of hydrogen-bond donors (Lipinski definition) is 2. The minimum Gasteiger partial charge on any atom is -0.504 e. The molecule has 2 rings (SSSR count). The van der Waals surface area contributed by atoms with Crippen LogP contribution in [0.25, 0.3) is 0 Å². The Hall–Kier alpha value is -2.57. The van der Waals surface area contributed by atoms with Crippen molar-refractivity contribution in [1.82, 2.24) is 20.1 Å². The maximum Gasteiger partial charge on any atom is 0.254 e. The molecule has 1 aromatic heterocycles. The number of rotatable bonds is 4. The molecule has 1 amide bonds. The molecule has 7 heteroatoms. The van der Waals surface area contributed by atoms with Crippen LogP contribution in [0, 0.1) is 0 Å². The van der Waals surface area contributed by atoms with E-state index < -0.39 is 0 Å². The van der Waals surface area contributed by atoms with Crippen molar-refractivity contribution < 1.29 is 14.6 Å². The van der Waals surface area contributed by atoms with Crippen LogP contribution >= 0.6 is 0 Å². The number of methoxy groups -OCH3 is 1. The number of aromatic hydroxyl groups is 1. The summed E-state index contributed by atoms with van der Waals surface area (Å²) in [5.41, 5.74) is 0.375. The first kappa shape index (κ1) is 12.9. The standard InChI is InChI=1S/C12H14N4O3/c1-16(6-11-13-7-14-15-11)12(18)8-3-4-10(19-2)9(17)5-8/h3-5,7,17H,6H2,1-2H3,(H,13,14,15). The number of amides is 1. The van der Waals surface area contributed by atoms with Crippen molar-refractivity contribution in [3.05, 3.63) is 35.9 Å². The summed E-state index contributed by atoms with van der Waals surface area (Å²) in [5, 5.41) is 16.0. The molecule has 0 aliphatic rings. The molecule has 1 aromatic carbocycles. The lowest BCUT2D eigenvalue weighted by Crippen LogP contribution is -2.26. The number of carbonyl (C=O) groups excluding carboxylic acids is 1. The van der Waals surface area contributed by atoms with Gasteiger partial charge in [-0.2, -0.15) is 5.10 Å². The molecule has 19 heavy (non-hydrogen) atoms. The van der Waals surface area contributed by atoms with E-state index in [9.17, 15) is 9.90 Å². The maximum atomic E-state index is 12.1. The monoisotopic (exact) mass is 262 g/mol. The number of phenols is 1. The molecule has 0 unspecified atom stereocenters. The largest absolute Gasteiger partial charge is 0.504 e. The molecule has 0 saturated carbocycles. The topological polar surface area (TPSA) is 91.3 Å². The van der Waals surface area contributed by atoms with E-state index in [1.807, 2.05) is 0 Å². The van der Waals surface area contributed by atoms with Crippen molar-refractivity contribution in [2.24, 2.45) is 0 Å². The van der Waals surface area contributed by atoms with Gasteiger partial charge in [0.25, 0.3) is 5.91 Å². The van der Waals surface area contributed by atoms with Crippen LogP contribution in [0.5, 0.6) is 11.5 Å². The number of carbonyl (C=O) groups is 1. The number of H-pyrrole nitrogens is 1. The van der Waals surface area contributed by atoms with Gasteiger partial charge in [-0.05, 0) is 18.2 Å². The van der Waals surface area contributed by atoms with Crippen LogP contribution in [0.15, 0.2) is 24.5 Å². The molecule has 2 aromatic rings. The van der Waals surface area contributed by atoms with Crippen LogP contribution in [0.3, 0.4) is 0 Å². The SMILES string of the molecule is COc1ccc(C(=O)N(C)Cc2ncn[nH]2)cc1O. The predicted molar refractivity (Wildman–Crippen MR) is 66.8 cm³/mol. The summed E-state index contributed by atoms with van der Waals surface area (Å²) < 4.78 is 4.93. The first-order valence-corrected chi connectivity index (χ1v) is 5.58. The van der Waals surface area contributed by atoms with E-state index in [0.29, 0.717) is 23.7 Å². The zero-order chi connectivity index (χ0) is 13.8. The highest BCUT2D eigenvalue weighted by Gasteiger charge is 2.15. The van der Waals surface area contributed by atoms with Crippen molar-refractivity contribution in [2.45, 2.75) is 6.54 Å². The maximum absolute atomic E-state index is 12.1. The average molecular weight is 262 g/mol. The van der Waals surface area contributed by atoms with Crippen molar-refractivity contribution in [2.75, 3.05) is 14.2 Å². The summed E-state index contributed by atoms with van der Waals surface area (Å²) in [6, 6.07) is 4.51. The minimum atomic E-state index is -0.227. The third kappa shape index (κ3) is 2.82. The van der Waals surface area contributed by atoms with Gasteiger partial charge in [0.2, 0.25) is 0 Å². The van der Waals surface area contributed by atoms with Crippen molar-refractivity contribution >= 4 is 5.91 Å². The minimum absolute atomic E-state index is 0.0681. The fraction of sp³-hybridized carbons (Fsp3) is 0.250. The molecule has 0 aliphatic heterocycles. The van der Waals surface area contributed by atoms with Gasteiger partial charge < -0.3 is 14.7 Å². The molecule has 0 saturated heterocycles. The Morgan fingerprint density at radius 2 is 2.32 bits per heavy atom. The molecule has 0 aliphatic carbocycles. The molecule has 0 fully saturated rings. The Labute approximate surface area is 109 Å². The van der Waals surface area contributed by atoms with Gasteiger partial charge >= 0.3 is 0 Å². The lowest BCUT2D eigenvalue weighted by molar-refractivity contribution is 0.0781. The smallest absolute Gasteiger partial charge is 0.254 e. The number of ether oxygens (including phenoxy) is 1. The van der Waals surface area contributed by atoms with E-state index in [2.05, 4.69) is 15.2 Å². The summed E-state index contributed by atoms with van der Waals surface area (Å²) in [5.74, 6) is 0.624. The highest BCUT2D eigenvalue weighted by molar-refractivity contribution is 5.94. The summed E-state index contributed by atoms with van der Waals surface area (Å²) in [4.78, 5) is 17.6. The molecule has 2 N–H and O–H groups in total. The molecular formula is C12H14N4O3. The van der Waals surface area contributed by atoms with Crippen molar-refractivity contribution in [3.63, 3.8) is 0 Å². The molecule has 0 spiro atoms. The first-order valence-electron chi connectivity index (χ1n) is 5.58. The number of hydrogen-bond acceptors (Lipinski definition) is 5. The second-order valence-corrected chi connectivity index (χ2v) is 3.98. The zero-order valence-corrected chi connectivity index (χ0v) is 10.6. The van der Waals surface area contributed by atoms with Gasteiger partial charge in [-0.15, -0.1) is 0 Å². The second-order valence-electron chi connectivity index (χ2n) is 3.98. The molecule has 100 valence electrons. The Kier molecular flexibility index (Phi) is 3.65. The van der Waals surface area contributed by atoms with Crippen LogP contribution in [0.1, 0.15) is 16.2 Å². The highest BCUT2D eigenvalue weighted by Crippen LogP contribution is 2.26. The van der Waals surface area contributed by atoms with E-state index in [0.717, 1.165) is 0 Å². The fourth-order valence-corrected chi connectivity index (χ4v) is 1.65. The zero-order valence-electron chi connectivity index (χ0n) is 10.6. The van der Waals surface area contributed by atoms with Crippen LogP contribution in [0.2, 0.25) is 0 Å². The van der Waals surface area contributed by atoms with Gasteiger partial charge in [0.1, 0.15) is 12.2 Å². The number of nitrogens with one attached hydrogen (secondary N) is 1. The molecule has 1 heterocycles. The summed E-state index contributed by atoms with van der Waals surface area (Å²) in [6.45, 7) is 0.311. The van der Waals surface area contributed by atoms with Gasteiger partial charge in [-0.3, -0.25) is 9.89 Å². The summed E-state index contributed by atoms with van der Waals surface area (Å²) in [7, 11) is 3.10. The van der Waals surface area contributed by atoms with Crippen LogP contribution in [0.4, 0.5) is 0 Å². The molecule has 7 nitrogen and oxygen atoms in total. The van der Waals surface area contributed by atoms with E-state index in [4.69, 9.17) is 4.74 Å². The fourth-order valence-electron chi connectivity index (χ4n) is 1.65. The number of nitrogens with zero attached hydrogens (tertiary/aromatic N) is 3. The third-order valence-corrected chi connectivity index (χ3v) is 2.62. The number of benzene rings is 1. The van der Waals surface area contributed by atoms with Gasteiger partial charge in [0.05, 0.1) is 13.7 Å². The normalized spacial score (nSPS) is 10.2. The Bertz CT molecular complexity index is 568. The van der Waals surface area contributed by atoms with Crippen molar-refractivity contribution in [1.29, 1.82) is 0 Å². The Morgan fingerprint density at radius 1 is 1.53 bits per heavy atom. The lowest BCUT2D eigenvalue weighted by atomic mass is 10.2. The molecule has 0 atom stereocenters. The molecule has 0 bridgehead atoms. The number of aromatic amines is 1. The van der Waals surface area contributed by atoms with Crippen molar-refractivity contribution in [3.8, 4) is 11.5 Å². The predicted octanol–water partition coefficient (Wildman–Crippen LogP) is 0.791. The first-order chi connectivity index (χ1) is 9.11. The average Bonchev–Trinajstić information content (AvgIpc) is 2.90. The quantitative estimate of drug-likeness (QED) is 0.850. The summed E-state index contributed by atoms with van der Waals surface area (Å²) >= 11 is 0. The lowest BCUT2D eigenvalue weighted by Gasteiger charge is -2.16. The van der Waals surface area contributed by atoms with Gasteiger partial charge in [-0.25, -0.2) is 4.98 Å². The van der Waals surface area contributed by atoms with Crippen LogP contribution < -0.4 is 4.74 Å². The summed E-state index contributed by atoms with van der Waals surface area (Å²) in [6.07, 6.45) is 1.38. The number of aromatic nitrogens is 3. The van der Waals surface area contributed by atoms with E-state index in [1.165, 1.54) is 24.4 Å². The Morgan fingerprint density at radius 3 is 2.89 bits per heavy atom. The van der Waals surface area contributed by atoms with E-state index in [-0.39, 0.29) is 11.7 Å². The van der Waals surface area contributed by atoms with E-state index >= 15 is 0 Å². The third-order valence-electron chi connectivity index (χ3n) is 2.62. The van der Waals surface area contributed by atoms with Gasteiger partial charge in [0.15, 0.2) is 11.5 Å². The van der Waals surface area contributed by atoms with Gasteiger partial charge in [0, 0.05) is 12.6 Å². The number of phenolic OH excluding ortho intramolecular Hbond substituents is 1. The van der Waals surface area contributed by atoms with Gasteiger partial charge in [-0.1, -0.05) is 0 Å². The van der Waals surface area contributed by atoms with Crippen LogP contribution in [-0.2, 0) is 6.54 Å². The highest BCUT2D eigenvalue weighted by atomic mass is 16.5. The second kappa shape index (κ2) is 5.38. The molecule has 0 radical (unpaired) electrons. The van der Waals surface area contributed by atoms with Crippen LogP contribution in [-0.4, -0.2) is 45.3 Å². The van der Waals surface area contributed by atoms with E-state index in [1.54, 1.807) is 19.2 Å². The molecular weight excluding hydrogens is 248 g/mol.